The molecule has 2 unspecified atom stereocenters. The molecule has 0 aromatic heterocycles. The van der Waals surface area contributed by atoms with Crippen molar-refractivity contribution in [2.75, 3.05) is 27.2 Å². The molecule has 6 nitrogen and oxygen atoms in total. The molecule has 0 bridgehead atoms. The second-order valence-corrected chi connectivity index (χ2v) is 7.60. The third-order valence-corrected chi connectivity index (χ3v) is 3.50. The van der Waals surface area contributed by atoms with Gasteiger partial charge in [0.2, 0.25) is 0 Å². The minimum absolute atomic E-state index is 0. The Balaban J connectivity index is 0. The molecule has 0 aliphatic rings. The molecule has 0 aliphatic heterocycles. The zero-order valence-electron chi connectivity index (χ0n) is 16.8. The number of ether oxygens (including phenoxy) is 1. The van der Waals surface area contributed by atoms with Crippen LogP contribution in [0.2, 0.25) is 0 Å². The van der Waals surface area contributed by atoms with Gasteiger partial charge < -0.3 is 20.3 Å². The number of carbonyl (C=O) groups is 1. The Hall–Kier alpha value is -0.730. The molecule has 2 N–H and O–H groups in total. The average molecular weight is 456 g/mol. The van der Waals surface area contributed by atoms with E-state index in [1.165, 1.54) is 0 Å². The van der Waals surface area contributed by atoms with Crippen LogP contribution in [-0.4, -0.2) is 55.8 Å². The van der Waals surface area contributed by atoms with E-state index in [0.29, 0.717) is 18.5 Å². The molecule has 24 heavy (non-hydrogen) atoms. The van der Waals surface area contributed by atoms with Crippen molar-refractivity contribution in [3.05, 3.63) is 0 Å². The van der Waals surface area contributed by atoms with Crippen LogP contribution in [0.5, 0.6) is 0 Å². The Bertz CT molecular complexity index is 395. The Kier molecular flexibility index (Phi) is 12.5. The fourth-order valence-electron chi connectivity index (χ4n) is 1.79. The fraction of sp³-hybridized carbons (Fsp3) is 0.882. The van der Waals surface area contributed by atoms with Crippen molar-refractivity contribution >= 4 is 36.0 Å². The molecule has 0 aromatic carbocycles. The summed E-state index contributed by atoms with van der Waals surface area (Å²) < 4.78 is 5.36. The summed E-state index contributed by atoms with van der Waals surface area (Å²) in [7, 11) is 3.53. The van der Waals surface area contributed by atoms with Gasteiger partial charge in [-0.3, -0.25) is 4.99 Å². The number of amides is 1. The maximum atomic E-state index is 12.0. The molecule has 0 rings (SSSR count). The minimum atomic E-state index is -0.466. The zero-order chi connectivity index (χ0) is 18.2. The van der Waals surface area contributed by atoms with Gasteiger partial charge in [-0.2, -0.15) is 0 Å². The third kappa shape index (κ3) is 11.8. The normalized spacial score (nSPS) is 14.5. The number of nitrogens with zero attached hydrogens (tertiary/aromatic N) is 2. The van der Waals surface area contributed by atoms with Crippen LogP contribution >= 0.6 is 24.0 Å². The highest BCUT2D eigenvalue weighted by molar-refractivity contribution is 14.0. The van der Waals surface area contributed by atoms with Crippen LogP contribution in [-0.2, 0) is 4.74 Å². The Morgan fingerprint density at radius 2 is 1.75 bits per heavy atom. The molecule has 7 heteroatoms. The number of rotatable bonds is 6. The van der Waals surface area contributed by atoms with Gasteiger partial charge in [-0.05, 0) is 39.5 Å². The monoisotopic (exact) mass is 456 g/mol. The first-order valence-electron chi connectivity index (χ1n) is 8.37. The van der Waals surface area contributed by atoms with Crippen molar-refractivity contribution in [2.45, 2.75) is 60.1 Å². The largest absolute Gasteiger partial charge is 0.444 e. The van der Waals surface area contributed by atoms with Crippen molar-refractivity contribution in [1.29, 1.82) is 0 Å². The topological polar surface area (TPSA) is 66.0 Å². The maximum absolute atomic E-state index is 12.0. The summed E-state index contributed by atoms with van der Waals surface area (Å²) in [5, 5.41) is 6.67. The molecule has 0 fully saturated rings. The second-order valence-electron chi connectivity index (χ2n) is 7.60. The van der Waals surface area contributed by atoms with Crippen LogP contribution in [0.15, 0.2) is 4.99 Å². The van der Waals surface area contributed by atoms with E-state index in [1.807, 2.05) is 20.8 Å². The molecule has 1 amide bonds. The number of carbonyl (C=O) groups excluding carboxylic acids is 1. The van der Waals surface area contributed by atoms with Crippen LogP contribution < -0.4 is 10.6 Å². The molecule has 0 aromatic rings. The SMILES string of the molecule is CN=C(NCC(C)CN(C)C(=O)OC(C)(C)C)NC(C)C(C)C.I. The molecule has 0 saturated heterocycles. The van der Waals surface area contributed by atoms with E-state index >= 15 is 0 Å². The molecule has 2 atom stereocenters. The van der Waals surface area contributed by atoms with Crippen molar-refractivity contribution in [2.24, 2.45) is 16.8 Å². The van der Waals surface area contributed by atoms with Crippen LogP contribution in [0.3, 0.4) is 0 Å². The number of aliphatic imine (C=N–C) groups is 1. The standard InChI is InChI=1S/C17H36N4O2.HI/c1-12(2)14(4)20-15(18-8)19-10-13(3)11-21(9)16(22)23-17(5,6)7;/h12-14H,10-11H2,1-9H3,(H2,18,19,20);1H. The highest BCUT2D eigenvalue weighted by atomic mass is 127. The number of nitrogens with one attached hydrogen (secondary N) is 2. The van der Waals surface area contributed by atoms with Crippen molar-refractivity contribution in [3.63, 3.8) is 0 Å². The highest BCUT2D eigenvalue weighted by Crippen LogP contribution is 2.10. The second kappa shape index (κ2) is 11.8. The van der Waals surface area contributed by atoms with Gasteiger partial charge in [0.05, 0.1) is 0 Å². The molecule has 0 spiro atoms. The smallest absolute Gasteiger partial charge is 0.410 e. The van der Waals surface area contributed by atoms with Crippen LogP contribution in [0.1, 0.15) is 48.5 Å². The summed E-state index contributed by atoms with van der Waals surface area (Å²) in [5.74, 6) is 1.60. The van der Waals surface area contributed by atoms with E-state index < -0.39 is 5.60 Å². The lowest BCUT2D eigenvalue weighted by Gasteiger charge is -2.27. The van der Waals surface area contributed by atoms with Crippen LogP contribution in [0, 0.1) is 11.8 Å². The van der Waals surface area contributed by atoms with Crippen LogP contribution in [0.25, 0.3) is 0 Å². The molecular formula is C17H37IN4O2. The summed E-state index contributed by atoms with van der Waals surface area (Å²) >= 11 is 0. The molecule has 144 valence electrons. The summed E-state index contributed by atoms with van der Waals surface area (Å²) in [4.78, 5) is 17.8. The predicted octanol–water partition coefficient (Wildman–Crippen LogP) is 3.32. The Morgan fingerprint density at radius 1 is 1.21 bits per heavy atom. The van der Waals surface area contributed by atoms with Crippen LogP contribution in [0.4, 0.5) is 4.79 Å². The lowest BCUT2D eigenvalue weighted by molar-refractivity contribution is 0.0278. The van der Waals surface area contributed by atoms with Gasteiger partial charge in [-0.25, -0.2) is 4.79 Å². The summed E-state index contributed by atoms with van der Waals surface area (Å²) in [5.41, 5.74) is -0.466. The molecule has 0 heterocycles. The first-order chi connectivity index (χ1) is 10.5. The Labute approximate surface area is 165 Å². The third-order valence-electron chi connectivity index (χ3n) is 3.50. The van der Waals surface area contributed by atoms with Crippen molar-refractivity contribution in [3.8, 4) is 0 Å². The quantitative estimate of drug-likeness (QED) is 0.366. The average Bonchev–Trinajstić information content (AvgIpc) is 2.40. The van der Waals surface area contributed by atoms with E-state index in [-0.39, 0.29) is 36.0 Å². The van der Waals surface area contributed by atoms with Gasteiger partial charge in [-0.15, -0.1) is 24.0 Å². The van der Waals surface area contributed by atoms with Gasteiger partial charge >= 0.3 is 6.09 Å². The van der Waals surface area contributed by atoms with E-state index in [0.717, 1.165) is 12.5 Å². The summed E-state index contributed by atoms with van der Waals surface area (Å²) in [6.07, 6.45) is -0.291. The summed E-state index contributed by atoms with van der Waals surface area (Å²) in [6, 6.07) is 0.348. The number of hydrogen-bond acceptors (Lipinski definition) is 3. The lowest BCUT2D eigenvalue weighted by atomic mass is 10.1. The molecular weight excluding hydrogens is 419 g/mol. The van der Waals surface area contributed by atoms with Gasteiger partial charge in [-0.1, -0.05) is 20.8 Å². The number of guanidine groups is 1. The number of hydrogen-bond donors (Lipinski definition) is 2. The minimum Gasteiger partial charge on any atom is -0.444 e. The Morgan fingerprint density at radius 3 is 2.17 bits per heavy atom. The molecule has 0 saturated carbocycles. The maximum Gasteiger partial charge on any atom is 0.410 e. The van der Waals surface area contributed by atoms with Gasteiger partial charge in [0.15, 0.2) is 5.96 Å². The first-order valence-corrected chi connectivity index (χ1v) is 8.37. The van der Waals surface area contributed by atoms with Crippen molar-refractivity contribution < 1.29 is 9.53 Å². The highest BCUT2D eigenvalue weighted by Gasteiger charge is 2.20. The van der Waals surface area contributed by atoms with E-state index in [4.69, 9.17) is 4.74 Å². The first kappa shape index (κ1) is 25.5. The fourth-order valence-corrected chi connectivity index (χ4v) is 1.79. The summed E-state index contributed by atoms with van der Waals surface area (Å²) in [6.45, 7) is 15.5. The molecule has 0 radical (unpaired) electrons. The predicted molar refractivity (Wildman–Crippen MR) is 112 cm³/mol. The van der Waals surface area contributed by atoms with Crippen molar-refractivity contribution in [1.82, 2.24) is 15.5 Å². The van der Waals surface area contributed by atoms with Gasteiger partial charge in [0.25, 0.3) is 0 Å². The van der Waals surface area contributed by atoms with E-state index in [9.17, 15) is 4.79 Å². The van der Waals surface area contributed by atoms with Gasteiger partial charge in [0.1, 0.15) is 5.60 Å². The molecule has 0 aliphatic carbocycles. The zero-order valence-corrected chi connectivity index (χ0v) is 19.1. The van der Waals surface area contributed by atoms with Gasteiger partial charge in [0, 0.05) is 33.2 Å². The van der Waals surface area contributed by atoms with E-state index in [1.54, 1.807) is 19.0 Å². The number of halogens is 1. The van der Waals surface area contributed by atoms with E-state index in [2.05, 4.69) is 43.3 Å². The lowest BCUT2D eigenvalue weighted by Crippen LogP contribution is -2.46.